The van der Waals surface area contributed by atoms with Gasteiger partial charge in [0.2, 0.25) is 0 Å². The van der Waals surface area contributed by atoms with Gasteiger partial charge in [-0.05, 0) is 19.1 Å². The van der Waals surface area contributed by atoms with Crippen molar-refractivity contribution in [3.8, 4) is 0 Å². The van der Waals surface area contributed by atoms with Crippen LogP contribution in [0.4, 0.5) is 17.3 Å². The highest BCUT2D eigenvalue weighted by Gasteiger charge is 2.18. The first-order valence-corrected chi connectivity index (χ1v) is 6.72. The quantitative estimate of drug-likeness (QED) is 0.880. The fourth-order valence-corrected chi connectivity index (χ4v) is 2.39. The minimum atomic E-state index is 0.559. The van der Waals surface area contributed by atoms with Gasteiger partial charge in [0, 0.05) is 37.9 Å². The Morgan fingerprint density at radius 1 is 1.00 bits per heavy atom. The largest absolute Gasteiger partial charge is 0.384 e. The third-order valence-corrected chi connectivity index (χ3v) is 3.53. The zero-order valence-corrected chi connectivity index (χ0v) is 11.5. The first kappa shape index (κ1) is 12.7. The highest BCUT2D eigenvalue weighted by molar-refractivity contribution is 5.50. The average molecular weight is 270 g/mol. The maximum atomic E-state index is 5.62. The standard InChI is InChI=1S/C14H18N6/c1-11-8-14(18-10-17-11)20-6-4-19(5-7-20)12-2-3-13(15)16-9-12/h2-3,8-10H,4-7H2,1H3,(H2,15,16). The summed E-state index contributed by atoms with van der Waals surface area (Å²) in [5.74, 6) is 1.57. The first-order chi connectivity index (χ1) is 9.72. The predicted molar refractivity (Wildman–Crippen MR) is 79.8 cm³/mol. The SMILES string of the molecule is Cc1cc(N2CCN(c3ccc(N)nc3)CC2)ncn1. The smallest absolute Gasteiger partial charge is 0.132 e. The molecule has 3 heterocycles. The first-order valence-electron chi connectivity index (χ1n) is 6.72. The van der Waals surface area contributed by atoms with Crippen LogP contribution in [-0.4, -0.2) is 41.1 Å². The summed E-state index contributed by atoms with van der Waals surface area (Å²) in [6, 6.07) is 5.89. The van der Waals surface area contributed by atoms with E-state index in [1.165, 1.54) is 0 Å². The van der Waals surface area contributed by atoms with E-state index < -0.39 is 0 Å². The highest BCUT2D eigenvalue weighted by Crippen LogP contribution is 2.19. The number of hydrogen-bond acceptors (Lipinski definition) is 6. The molecule has 2 N–H and O–H groups in total. The predicted octanol–water partition coefficient (Wildman–Crippen LogP) is 1.09. The van der Waals surface area contributed by atoms with E-state index in [0.29, 0.717) is 5.82 Å². The number of piperazine rings is 1. The third-order valence-electron chi connectivity index (χ3n) is 3.53. The van der Waals surface area contributed by atoms with Gasteiger partial charge in [-0.25, -0.2) is 15.0 Å². The van der Waals surface area contributed by atoms with Crippen LogP contribution >= 0.6 is 0 Å². The van der Waals surface area contributed by atoms with Gasteiger partial charge in [-0.3, -0.25) is 0 Å². The Hall–Kier alpha value is -2.37. The number of hydrogen-bond donors (Lipinski definition) is 1. The van der Waals surface area contributed by atoms with Gasteiger partial charge in [-0.1, -0.05) is 0 Å². The molecule has 2 aromatic heterocycles. The van der Waals surface area contributed by atoms with Gasteiger partial charge in [0.15, 0.2) is 0 Å². The molecule has 3 rings (SSSR count). The third kappa shape index (κ3) is 2.64. The molecule has 2 aromatic rings. The zero-order chi connectivity index (χ0) is 13.9. The molecule has 0 unspecified atom stereocenters. The van der Waals surface area contributed by atoms with Gasteiger partial charge in [-0.15, -0.1) is 0 Å². The van der Waals surface area contributed by atoms with Crippen molar-refractivity contribution in [3.63, 3.8) is 0 Å². The molecule has 0 aliphatic carbocycles. The topological polar surface area (TPSA) is 71.2 Å². The molecular formula is C14H18N6. The van der Waals surface area contributed by atoms with Crippen molar-refractivity contribution in [1.82, 2.24) is 15.0 Å². The number of nitrogens with zero attached hydrogens (tertiary/aromatic N) is 5. The van der Waals surface area contributed by atoms with Gasteiger partial charge < -0.3 is 15.5 Å². The Morgan fingerprint density at radius 3 is 2.40 bits per heavy atom. The second-order valence-electron chi connectivity index (χ2n) is 4.93. The van der Waals surface area contributed by atoms with Crippen LogP contribution < -0.4 is 15.5 Å². The molecule has 0 saturated carbocycles. The summed E-state index contributed by atoms with van der Waals surface area (Å²) in [4.78, 5) is 17.2. The molecule has 1 aliphatic rings. The Morgan fingerprint density at radius 2 is 1.75 bits per heavy atom. The van der Waals surface area contributed by atoms with Crippen molar-refractivity contribution in [2.75, 3.05) is 41.7 Å². The fourth-order valence-electron chi connectivity index (χ4n) is 2.39. The van der Waals surface area contributed by atoms with E-state index >= 15 is 0 Å². The molecule has 20 heavy (non-hydrogen) atoms. The monoisotopic (exact) mass is 270 g/mol. The molecular weight excluding hydrogens is 252 g/mol. The number of anilines is 3. The van der Waals surface area contributed by atoms with E-state index in [1.54, 1.807) is 6.33 Å². The summed E-state index contributed by atoms with van der Waals surface area (Å²) < 4.78 is 0. The van der Waals surface area contributed by atoms with Crippen LogP contribution in [0.1, 0.15) is 5.69 Å². The second kappa shape index (κ2) is 5.32. The minimum absolute atomic E-state index is 0.559. The molecule has 6 nitrogen and oxygen atoms in total. The number of nitrogens with two attached hydrogens (primary N) is 1. The number of aryl methyl sites for hydroxylation is 1. The molecule has 0 atom stereocenters. The van der Waals surface area contributed by atoms with Crippen LogP contribution in [0, 0.1) is 6.92 Å². The Kier molecular flexibility index (Phi) is 3.37. The van der Waals surface area contributed by atoms with Gasteiger partial charge in [-0.2, -0.15) is 0 Å². The molecule has 1 fully saturated rings. The van der Waals surface area contributed by atoms with Crippen molar-refractivity contribution in [2.45, 2.75) is 6.92 Å². The maximum absolute atomic E-state index is 5.62. The van der Waals surface area contributed by atoms with E-state index in [4.69, 9.17) is 5.73 Å². The number of nitrogen functional groups attached to an aromatic ring is 1. The normalized spacial score (nSPS) is 15.4. The summed E-state index contributed by atoms with van der Waals surface area (Å²) in [6.45, 7) is 5.78. The van der Waals surface area contributed by atoms with Crippen molar-refractivity contribution < 1.29 is 0 Å². The molecule has 0 amide bonds. The number of aromatic nitrogens is 3. The lowest BCUT2D eigenvalue weighted by Crippen LogP contribution is -2.46. The molecule has 0 spiro atoms. The molecule has 0 aromatic carbocycles. The highest BCUT2D eigenvalue weighted by atomic mass is 15.3. The van der Waals surface area contributed by atoms with Crippen LogP contribution in [0.3, 0.4) is 0 Å². The van der Waals surface area contributed by atoms with E-state index in [1.807, 2.05) is 31.3 Å². The summed E-state index contributed by atoms with van der Waals surface area (Å²) in [5, 5.41) is 0. The molecule has 0 bridgehead atoms. The summed E-state index contributed by atoms with van der Waals surface area (Å²) in [7, 11) is 0. The van der Waals surface area contributed by atoms with Crippen LogP contribution in [0.5, 0.6) is 0 Å². The minimum Gasteiger partial charge on any atom is -0.384 e. The lowest BCUT2D eigenvalue weighted by atomic mass is 10.2. The fraction of sp³-hybridized carbons (Fsp3) is 0.357. The maximum Gasteiger partial charge on any atom is 0.132 e. The Bertz CT molecular complexity index is 574. The van der Waals surface area contributed by atoms with Crippen LogP contribution in [-0.2, 0) is 0 Å². The average Bonchev–Trinajstić information content (AvgIpc) is 2.48. The van der Waals surface area contributed by atoms with Crippen LogP contribution in [0.15, 0.2) is 30.7 Å². The van der Waals surface area contributed by atoms with Gasteiger partial charge in [0.05, 0.1) is 11.9 Å². The van der Waals surface area contributed by atoms with Gasteiger partial charge >= 0.3 is 0 Å². The van der Waals surface area contributed by atoms with Crippen molar-refractivity contribution >= 4 is 17.3 Å². The Balaban J connectivity index is 1.66. The van der Waals surface area contributed by atoms with Gasteiger partial charge in [0.1, 0.15) is 18.0 Å². The van der Waals surface area contributed by atoms with E-state index in [0.717, 1.165) is 43.4 Å². The van der Waals surface area contributed by atoms with Crippen molar-refractivity contribution in [2.24, 2.45) is 0 Å². The van der Waals surface area contributed by atoms with Crippen molar-refractivity contribution in [3.05, 3.63) is 36.4 Å². The van der Waals surface area contributed by atoms with E-state index in [9.17, 15) is 0 Å². The summed E-state index contributed by atoms with van der Waals surface area (Å²) in [6.07, 6.45) is 3.46. The van der Waals surface area contributed by atoms with Crippen molar-refractivity contribution in [1.29, 1.82) is 0 Å². The number of pyridine rings is 1. The summed E-state index contributed by atoms with van der Waals surface area (Å²) in [5.41, 5.74) is 7.74. The van der Waals surface area contributed by atoms with E-state index in [2.05, 4.69) is 24.8 Å². The zero-order valence-electron chi connectivity index (χ0n) is 11.5. The molecule has 0 radical (unpaired) electrons. The van der Waals surface area contributed by atoms with E-state index in [-0.39, 0.29) is 0 Å². The molecule has 1 aliphatic heterocycles. The van der Waals surface area contributed by atoms with Crippen LogP contribution in [0.2, 0.25) is 0 Å². The molecule has 1 saturated heterocycles. The molecule has 6 heteroatoms. The Labute approximate surface area is 118 Å². The number of rotatable bonds is 2. The summed E-state index contributed by atoms with van der Waals surface area (Å²) >= 11 is 0. The second-order valence-corrected chi connectivity index (χ2v) is 4.93. The molecule has 104 valence electrons. The lowest BCUT2D eigenvalue weighted by molar-refractivity contribution is 0.645. The lowest BCUT2D eigenvalue weighted by Gasteiger charge is -2.36. The van der Waals surface area contributed by atoms with Crippen LogP contribution in [0.25, 0.3) is 0 Å². The van der Waals surface area contributed by atoms with Gasteiger partial charge in [0.25, 0.3) is 0 Å².